The Hall–Kier alpha value is -3.13. The summed E-state index contributed by atoms with van der Waals surface area (Å²) in [5.74, 6) is 0.698. The number of hydrogen-bond acceptors (Lipinski definition) is 2. The molecular weight excluding hydrogens is 464 g/mol. The summed E-state index contributed by atoms with van der Waals surface area (Å²) < 4.78 is 5.49. The fourth-order valence-corrected chi connectivity index (χ4v) is 4.67. The number of allylic oxidation sites excluding steroid dienone is 12. The minimum Gasteiger partial charge on any atom is -0.423 e. The molecule has 0 N–H and O–H groups in total. The first-order valence-corrected chi connectivity index (χ1v) is 14.0. The molecule has 204 valence electrons. The van der Waals surface area contributed by atoms with Crippen LogP contribution in [0.2, 0.25) is 0 Å². The molecule has 0 fully saturated rings. The number of esters is 1. The normalized spacial score (nSPS) is 17.5. The molecule has 0 aliphatic heterocycles. The summed E-state index contributed by atoms with van der Waals surface area (Å²) in [6.07, 6.45) is 24.6. The van der Waals surface area contributed by atoms with Crippen molar-refractivity contribution in [1.29, 1.82) is 0 Å². The van der Waals surface area contributed by atoms with Gasteiger partial charge in [0.1, 0.15) is 5.75 Å². The summed E-state index contributed by atoms with van der Waals surface area (Å²) in [7, 11) is 0. The molecule has 2 heteroatoms. The van der Waals surface area contributed by atoms with Crippen LogP contribution in [-0.4, -0.2) is 5.97 Å². The minimum absolute atomic E-state index is 0.245. The Labute approximate surface area is 232 Å². The number of carbonyl (C=O) groups is 1. The van der Waals surface area contributed by atoms with E-state index in [9.17, 15) is 4.79 Å². The molecular formula is C36H48O2. The Balaban J connectivity index is 1.88. The molecule has 0 saturated carbocycles. The molecule has 0 saturated heterocycles. The van der Waals surface area contributed by atoms with Gasteiger partial charge >= 0.3 is 5.97 Å². The van der Waals surface area contributed by atoms with Gasteiger partial charge in [0.25, 0.3) is 0 Å². The van der Waals surface area contributed by atoms with Gasteiger partial charge in [0.15, 0.2) is 0 Å². The van der Waals surface area contributed by atoms with Crippen LogP contribution in [0.15, 0.2) is 101 Å². The fourth-order valence-electron chi connectivity index (χ4n) is 4.67. The van der Waals surface area contributed by atoms with Gasteiger partial charge in [0.05, 0.1) is 0 Å². The third-order valence-electron chi connectivity index (χ3n) is 7.01. The van der Waals surface area contributed by atoms with Crippen LogP contribution in [0.1, 0.15) is 93.1 Å². The summed E-state index contributed by atoms with van der Waals surface area (Å²) in [5.41, 5.74) is 7.71. The van der Waals surface area contributed by atoms with Crippen LogP contribution in [0.3, 0.4) is 0 Å². The topological polar surface area (TPSA) is 26.3 Å². The van der Waals surface area contributed by atoms with Crippen LogP contribution < -0.4 is 4.74 Å². The van der Waals surface area contributed by atoms with Crippen LogP contribution in [0.5, 0.6) is 5.75 Å². The maximum atomic E-state index is 12.4. The first-order chi connectivity index (χ1) is 18.0. The SMILES string of the molecule is CC(C)=CCC[C@H](C)/C=C/c1ccc(OC(=O)\C=C(C)/C=C/C=C(C)/C=C/C2=C(C)CCCC2(C)C)cc1. The second kappa shape index (κ2) is 15.3. The standard InChI is InChI=1S/C36H48O2/c1-27(2)12-9-13-28(3)17-19-32-20-22-33(23-21-32)38-35(37)26-30(5)15-10-14-29(4)18-24-34-31(6)16-11-25-36(34,7)8/h10,12,14-15,17-24,26,28H,9,11,13,16,25H2,1-8H3/b15-10+,19-17+,24-18+,29-14+,30-26-/t28-/m0/s1. The zero-order valence-electron chi connectivity index (χ0n) is 24.9. The molecule has 0 aromatic heterocycles. The molecule has 1 aliphatic carbocycles. The van der Waals surface area contributed by atoms with Crippen molar-refractivity contribution in [1.82, 2.24) is 0 Å². The predicted octanol–water partition coefficient (Wildman–Crippen LogP) is 10.5. The van der Waals surface area contributed by atoms with Crippen molar-refractivity contribution >= 4 is 12.0 Å². The van der Waals surface area contributed by atoms with E-state index in [1.807, 2.05) is 43.3 Å². The molecule has 1 aromatic carbocycles. The van der Waals surface area contributed by atoms with Crippen molar-refractivity contribution in [2.75, 3.05) is 0 Å². The highest BCUT2D eigenvalue weighted by Crippen LogP contribution is 2.40. The molecule has 0 amide bonds. The van der Waals surface area contributed by atoms with E-state index in [4.69, 9.17) is 4.74 Å². The molecule has 0 spiro atoms. The van der Waals surface area contributed by atoms with Gasteiger partial charge in [-0.05, 0) is 107 Å². The zero-order chi connectivity index (χ0) is 28.1. The van der Waals surface area contributed by atoms with Crippen LogP contribution in [0, 0.1) is 11.3 Å². The molecule has 0 bridgehead atoms. The number of carbonyl (C=O) groups excluding carboxylic acids is 1. The smallest absolute Gasteiger partial charge is 0.336 e. The lowest BCUT2D eigenvalue weighted by Crippen LogP contribution is -2.19. The van der Waals surface area contributed by atoms with E-state index in [2.05, 4.69) is 84.9 Å². The largest absolute Gasteiger partial charge is 0.423 e. The van der Waals surface area contributed by atoms with E-state index in [-0.39, 0.29) is 11.4 Å². The van der Waals surface area contributed by atoms with Gasteiger partial charge in [-0.1, -0.05) is 98.2 Å². The van der Waals surface area contributed by atoms with E-state index < -0.39 is 0 Å². The van der Waals surface area contributed by atoms with Gasteiger partial charge in [-0.15, -0.1) is 0 Å². The fraction of sp³-hybridized carbons (Fsp3) is 0.417. The Morgan fingerprint density at radius 2 is 1.74 bits per heavy atom. The van der Waals surface area contributed by atoms with Gasteiger partial charge in [0.2, 0.25) is 0 Å². The molecule has 1 aliphatic rings. The number of benzene rings is 1. The Morgan fingerprint density at radius 1 is 1.03 bits per heavy atom. The molecule has 1 atom stereocenters. The van der Waals surface area contributed by atoms with Crippen molar-refractivity contribution in [3.05, 3.63) is 106 Å². The maximum absolute atomic E-state index is 12.4. The lowest BCUT2D eigenvalue weighted by atomic mass is 9.72. The highest BCUT2D eigenvalue weighted by molar-refractivity contribution is 5.85. The Morgan fingerprint density at radius 3 is 2.39 bits per heavy atom. The predicted molar refractivity (Wildman–Crippen MR) is 165 cm³/mol. The highest BCUT2D eigenvalue weighted by atomic mass is 16.5. The molecule has 38 heavy (non-hydrogen) atoms. The average Bonchev–Trinajstić information content (AvgIpc) is 2.82. The van der Waals surface area contributed by atoms with Crippen molar-refractivity contribution in [2.24, 2.45) is 11.3 Å². The summed E-state index contributed by atoms with van der Waals surface area (Å²) >= 11 is 0. The van der Waals surface area contributed by atoms with Crippen LogP contribution >= 0.6 is 0 Å². The monoisotopic (exact) mass is 512 g/mol. The van der Waals surface area contributed by atoms with Crippen LogP contribution in [-0.2, 0) is 4.79 Å². The van der Waals surface area contributed by atoms with E-state index in [0.717, 1.165) is 24.0 Å². The molecule has 2 rings (SSSR count). The Kier molecular flexibility index (Phi) is 12.5. The average molecular weight is 513 g/mol. The second-order valence-corrected chi connectivity index (χ2v) is 11.6. The van der Waals surface area contributed by atoms with E-state index in [1.165, 1.54) is 47.6 Å². The first-order valence-electron chi connectivity index (χ1n) is 14.0. The van der Waals surface area contributed by atoms with E-state index >= 15 is 0 Å². The molecule has 2 nitrogen and oxygen atoms in total. The number of hydrogen-bond donors (Lipinski definition) is 0. The van der Waals surface area contributed by atoms with Gasteiger partial charge in [-0.3, -0.25) is 0 Å². The summed E-state index contributed by atoms with van der Waals surface area (Å²) in [6.45, 7) is 17.4. The second-order valence-electron chi connectivity index (χ2n) is 11.6. The third kappa shape index (κ3) is 11.5. The van der Waals surface area contributed by atoms with Crippen molar-refractivity contribution in [2.45, 2.75) is 87.5 Å². The number of rotatable bonds is 11. The summed E-state index contributed by atoms with van der Waals surface area (Å²) in [5, 5.41) is 0. The Bertz CT molecular complexity index is 1140. The van der Waals surface area contributed by atoms with E-state index in [0.29, 0.717) is 11.7 Å². The van der Waals surface area contributed by atoms with Crippen molar-refractivity contribution in [3.8, 4) is 5.75 Å². The molecule has 1 aromatic rings. The molecule has 0 unspecified atom stereocenters. The summed E-state index contributed by atoms with van der Waals surface area (Å²) in [4.78, 5) is 12.4. The van der Waals surface area contributed by atoms with Gasteiger partial charge in [-0.25, -0.2) is 4.79 Å². The lowest BCUT2D eigenvalue weighted by Gasteiger charge is -2.32. The van der Waals surface area contributed by atoms with Crippen molar-refractivity contribution in [3.63, 3.8) is 0 Å². The minimum atomic E-state index is -0.370. The zero-order valence-corrected chi connectivity index (χ0v) is 24.9. The van der Waals surface area contributed by atoms with Gasteiger partial charge in [0, 0.05) is 6.08 Å². The highest BCUT2D eigenvalue weighted by Gasteiger charge is 2.26. The quantitative estimate of drug-likeness (QED) is 0.0969. The first kappa shape index (κ1) is 31.1. The van der Waals surface area contributed by atoms with E-state index in [1.54, 1.807) is 0 Å². The lowest BCUT2D eigenvalue weighted by molar-refractivity contribution is -0.129. The maximum Gasteiger partial charge on any atom is 0.336 e. The van der Waals surface area contributed by atoms with Crippen LogP contribution in [0.25, 0.3) is 6.08 Å². The molecule has 0 radical (unpaired) electrons. The van der Waals surface area contributed by atoms with Crippen molar-refractivity contribution < 1.29 is 9.53 Å². The number of ether oxygens (including phenoxy) is 1. The molecule has 0 heterocycles. The van der Waals surface area contributed by atoms with Gasteiger partial charge < -0.3 is 4.74 Å². The van der Waals surface area contributed by atoms with Crippen LogP contribution in [0.4, 0.5) is 0 Å². The van der Waals surface area contributed by atoms with Gasteiger partial charge in [-0.2, -0.15) is 0 Å². The summed E-state index contributed by atoms with van der Waals surface area (Å²) in [6, 6.07) is 7.64. The third-order valence-corrected chi connectivity index (χ3v) is 7.01.